The largest absolute Gasteiger partial charge is 0.493 e. The predicted molar refractivity (Wildman–Crippen MR) is 102 cm³/mol. The van der Waals surface area contributed by atoms with Gasteiger partial charge in [-0.25, -0.2) is 4.79 Å². The minimum Gasteiger partial charge on any atom is -0.493 e. The average Bonchev–Trinajstić information content (AvgIpc) is 2.71. The third-order valence-corrected chi connectivity index (χ3v) is 3.89. The lowest BCUT2D eigenvalue weighted by atomic mass is 10.0. The molecule has 0 bridgehead atoms. The van der Waals surface area contributed by atoms with Gasteiger partial charge in [0, 0.05) is 0 Å². The van der Waals surface area contributed by atoms with Crippen LogP contribution in [0.1, 0.15) is 12.5 Å². The topological polar surface area (TPSA) is 90.9 Å². The molecule has 7 nitrogen and oxygen atoms in total. The number of carbonyl (C=O) groups excluding carboxylic acids is 3. The molecule has 7 heteroatoms. The van der Waals surface area contributed by atoms with E-state index in [1.54, 1.807) is 24.3 Å². The minimum absolute atomic E-state index is 0.178. The number of benzene rings is 2. The smallest absolute Gasteiger partial charge is 0.344 e. The fraction of sp³-hybridized carbons (Fsp3) is 0.286. The minimum atomic E-state index is -0.705. The van der Waals surface area contributed by atoms with Crippen molar-refractivity contribution in [1.82, 2.24) is 5.32 Å². The summed E-state index contributed by atoms with van der Waals surface area (Å²) in [5.74, 6) is -0.558. The number of ether oxygens (including phenoxy) is 3. The Morgan fingerprint density at radius 3 is 2.21 bits per heavy atom. The summed E-state index contributed by atoms with van der Waals surface area (Å²) < 4.78 is 15.4. The first kappa shape index (κ1) is 21.0. The van der Waals surface area contributed by atoms with Crippen LogP contribution in [0.25, 0.3) is 0 Å². The molecule has 0 radical (unpaired) electrons. The summed E-state index contributed by atoms with van der Waals surface area (Å²) in [4.78, 5) is 35.6. The lowest BCUT2D eigenvalue weighted by molar-refractivity contribution is -0.150. The molecule has 1 N–H and O–H groups in total. The number of amides is 1. The Kier molecular flexibility index (Phi) is 8.02. The van der Waals surface area contributed by atoms with Gasteiger partial charge in [0.05, 0.1) is 13.2 Å². The number of hydrogen-bond acceptors (Lipinski definition) is 6. The summed E-state index contributed by atoms with van der Waals surface area (Å²) in [6.07, 6.45) is 0.368. The van der Waals surface area contributed by atoms with Crippen LogP contribution < -0.4 is 14.8 Å². The molecular formula is C21H23NO6. The molecule has 0 saturated heterocycles. The molecule has 148 valence electrons. The Morgan fingerprint density at radius 1 is 0.929 bits per heavy atom. The highest BCUT2D eigenvalue weighted by Crippen LogP contribution is 2.25. The number of para-hydroxylation sites is 2. The third kappa shape index (κ3) is 6.75. The van der Waals surface area contributed by atoms with Gasteiger partial charge in [-0.1, -0.05) is 42.5 Å². The molecule has 0 aliphatic carbocycles. The number of nitrogens with one attached hydrogen (secondary N) is 1. The monoisotopic (exact) mass is 385 g/mol. The molecule has 2 aromatic rings. The molecule has 0 spiro atoms. The second kappa shape index (κ2) is 10.7. The van der Waals surface area contributed by atoms with E-state index in [1.807, 2.05) is 30.3 Å². The SMILES string of the molecule is COc1ccccc1OCC(=O)OCC(=O)N[C@H](Cc1ccccc1)C(C)=O. The Morgan fingerprint density at radius 2 is 1.57 bits per heavy atom. The van der Waals surface area contributed by atoms with Crippen molar-refractivity contribution in [3.05, 3.63) is 60.2 Å². The lowest BCUT2D eigenvalue weighted by Crippen LogP contribution is -2.43. The Hall–Kier alpha value is -3.35. The number of Topliss-reactive ketones (excluding diaryl/α,β-unsaturated/α-hetero) is 1. The fourth-order valence-electron chi connectivity index (χ4n) is 2.44. The summed E-state index contributed by atoms with van der Waals surface area (Å²) in [7, 11) is 1.49. The number of hydrogen-bond donors (Lipinski definition) is 1. The molecule has 2 rings (SSSR count). The Balaban J connectivity index is 1.78. The maximum Gasteiger partial charge on any atom is 0.344 e. The van der Waals surface area contributed by atoms with Gasteiger partial charge in [0.25, 0.3) is 5.91 Å². The normalized spacial score (nSPS) is 11.2. The molecule has 28 heavy (non-hydrogen) atoms. The molecule has 0 aliphatic heterocycles. The van der Waals surface area contributed by atoms with Gasteiger partial charge in [0.1, 0.15) is 0 Å². The van der Waals surface area contributed by atoms with Crippen molar-refractivity contribution >= 4 is 17.7 Å². The highest BCUT2D eigenvalue weighted by atomic mass is 16.6. The fourth-order valence-corrected chi connectivity index (χ4v) is 2.44. The molecule has 1 atom stereocenters. The lowest BCUT2D eigenvalue weighted by Gasteiger charge is -2.16. The van der Waals surface area contributed by atoms with E-state index in [0.717, 1.165) is 5.56 Å². The summed E-state index contributed by atoms with van der Waals surface area (Å²) in [5, 5.41) is 2.59. The van der Waals surface area contributed by atoms with Crippen LogP contribution in [0.15, 0.2) is 54.6 Å². The Labute approximate surface area is 163 Å². The van der Waals surface area contributed by atoms with Gasteiger partial charge in [0.2, 0.25) is 0 Å². The van der Waals surface area contributed by atoms with Crippen molar-refractivity contribution < 1.29 is 28.6 Å². The number of rotatable bonds is 10. The quantitative estimate of drug-likeness (QED) is 0.629. The first-order valence-electron chi connectivity index (χ1n) is 8.74. The van der Waals surface area contributed by atoms with E-state index < -0.39 is 24.5 Å². The van der Waals surface area contributed by atoms with Gasteiger partial charge < -0.3 is 19.5 Å². The van der Waals surface area contributed by atoms with E-state index in [4.69, 9.17) is 14.2 Å². The molecule has 1 amide bonds. The van der Waals surface area contributed by atoms with Gasteiger partial charge in [0.15, 0.2) is 30.5 Å². The predicted octanol–water partition coefficient (Wildman–Crippen LogP) is 1.93. The van der Waals surface area contributed by atoms with E-state index in [9.17, 15) is 14.4 Å². The van der Waals surface area contributed by atoms with Crippen LogP contribution in [0, 0.1) is 0 Å². The zero-order valence-electron chi connectivity index (χ0n) is 15.8. The Bertz CT molecular complexity index is 806. The van der Waals surface area contributed by atoms with E-state index in [1.165, 1.54) is 14.0 Å². The molecule has 0 fully saturated rings. The maximum absolute atomic E-state index is 12.0. The number of methoxy groups -OCH3 is 1. The summed E-state index contributed by atoms with van der Waals surface area (Å²) in [6, 6.07) is 15.5. The van der Waals surface area contributed by atoms with Crippen LogP contribution in [0.2, 0.25) is 0 Å². The van der Waals surface area contributed by atoms with Gasteiger partial charge in [-0.15, -0.1) is 0 Å². The van der Waals surface area contributed by atoms with Crippen LogP contribution in [-0.2, 0) is 25.5 Å². The first-order chi connectivity index (χ1) is 13.5. The zero-order chi connectivity index (χ0) is 20.4. The summed E-state index contributed by atoms with van der Waals surface area (Å²) in [5.41, 5.74) is 0.921. The van der Waals surface area contributed by atoms with Crippen molar-refractivity contribution in [3.63, 3.8) is 0 Å². The molecule has 0 aliphatic rings. The van der Waals surface area contributed by atoms with Gasteiger partial charge in [-0.05, 0) is 31.0 Å². The van der Waals surface area contributed by atoms with Crippen molar-refractivity contribution in [2.75, 3.05) is 20.3 Å². The highest BCUT2D eigenvalue weighted by molar-refractivity contribution is 5.88. The second-order valence-corrected chi connectivity index (χ2v) is 6.02. The molecule has 0 unspecified atom stereocenters. The number of ketones is 1. The van der Waals surface area contributed by atoms with Crippen LogP contribution >= 0.6 is 0 Å². The van der Waals surface area contributed by atoms with Crippen LogP contribution in [0.4, 0.5) is 0 Å². The third-order valence-electron chi connectivity index (χ3n) is 3.89. The standard InChI is InChI=1S/C21H23NO6/c1-15(23)17(12-16-8-4-3-5-9-16)22-20(24)13-28-21(25)14-27-19-11-7-6-10-18(19)26-2/h3-11,17H,12-14H2,1-2H3,(H,22,24)/t17-/m1/s1. The summed E-state index contributed by atoms with van der Waals surface area (Å²) >= 11 is 0. The van der Waals surface area contributed by atoms with Crippen LogP contribution in [0.5, 0.6) is 11.5 Å². The zero-order valence-corrected chi connectivity index (χ0v) is 15.8. The van der Waals surface area contributed by atoms with Gasteiger partial charge >= 0.3 is 5.97 Å². The van der Waals surface area contributed by atoms with Crippen molar-refractivity contribution in [1.29, 1.82) is 0 Å². The highest BCUT2D eigenvalue weighted by Gasteiger charge is 2.18. The van der Waals surface area contributed by atoms with E-state index in [0.29, 0.717) is 17.9 Å². The van der Waals surface area contributed by atoms with E-state index in [-0.39, 0.29) is 12.4 Å². The molecular weight excluding hydrogens is 362 g/mol. The van der Waals surface area contributed by atoms with Crippen molar-refractivity contribution in [2.45, 2.75) is 19.4 Å². The molecule has 0 aromatic heterocycles. The number of esters is 1. The van der Waals surface area contributed by atoms with Crippen LogP contribution in [-0.4, -0.2) is 44.0 Å². The maximum atomic E-state index is 12.0. The van der Waals surface area contributed by atoms with Gasteiger partial charge in [-0.3, -0.25) is 9.59 Å². The first-order valence-corrected chi connectivity index (χ1v) is 8.74. The van der Waals surface area contributed by atoms with E-state index >= 15 is 0 Å². The number of carbonyl (C=O) groups is 3. The average molecular weight is 385 g/mol. The molecule has 0 saturated carbocycles. The molecule has 0 heterocycles. The van der Waals surface area contributed by atoms with E-state index in [2.05, 4.69) is 5.32 Å². The second-order valence-electron chi connectivity index (χ2n) is 6.02. The molecule has 2 aromatic carbocycles. The van der Waals surface area contributed by atoms with Crippen LogP contribution in [0.3, 0.4) is 0 Å². The summed E-state index contributed by atoms with van der Waals surface area (Å²) in [6.45, 7) is 0.543. The van der Waals surface area contributed by atoms with Crippen molar-refractivity contribution in [2.24, 2.45) is 0 Å². The van der Waals surface area contributed by atoms with Crippen molar-refractivity contribution in [3.8, 4) is 11.5 Å². The van der Waals surface area contributed by atoms with Gasteiger partial charge in [-0.2, -0.15) is 0 Å².